The summed E-state index contributed by atoms with van der Waals surface area (Å²) in [5, 5.41) is 2.81. The maximum atomic E-state index is 12.9. The van der Waals surface area contributed by atoms with E-state index in [-0.39, 0.29) is 17.7 Å². The van der Waals surface area contributed by atoms with Gasteiger partial charge in [-0.05, 0) is 44.0 Å². The van der Waals surface area contributed by atoms with Gasteiger partial charge in [0, 0.05) is 26.2 Å². The Morgan fingerprint density at radius 2 is 2.23 bits per heavy atom. The van der Waals surface area contributed by atoms with Gasteiger partial charge >= 0.3 is 0 Å². The number of aromatic nitrogens is 1. The highest BCUT2D eigenvalue weighted by Gasteiger charge is 2.29. The molecule has 2 amide bonds. The van der Waals surface area contributed by atoms with Gasteiger partial charge in [0.05, 0.1) is 23.4 Å². The molecule has 7 nitrogen and oxygen atoms in total. The van der Waals surface area contributed by atoms with Crippen LogP contribution in [-0.2, 0) is 4.79 Å². The summed E-state index contributed by atoms with van der Waals surface area (Å²) in [6.45, 7) is 3.76. The van der Waals surface area contributed by atoms with Crippen LogP contribution in [0.1, 0.15) is 28.9 Å². The minimum Gasteiger partial charge on any atom is -0.463 e. The van der Waals surface area contributed by atoms with E-state index >= 15 is 0 Å². The normalized spacial score (nSPS) is 17.2. The van der Waals surface area contributed by atoms with Gasteiger partial charge in [-0.25, -0.2) is 4.98 Å². The zero-order valence-electron chi connectivity index (χ0n) is 14.9. The molecule has 0 saturated carbocycles. The number of hydrogen-bond donors (Lipinski definition) is 2. The summed E-state index contributed by atoms with van der Waals surface area (Å²) >= 11 is 0. The third kappa shape index (κ3) is 3.94. The highest BCUT2D eigenvalue weighted by atomic mass is 16.3. The molecule has 0 aromatic carbocycles. The smallest absolute Gasteiger partial charge is 0.255 e. The SMILES string of the molecule is Cc1nc(-c2ccco2)ccc1C(=O)N1CCCC(C(=O)NCCN)C1. The first kappa shape index (κ1) is 18.1. The van der Waals surface area contributed by atoms with Crippen molar-refractivity contribution in [1.29, 1.82) is 0 Å². The molecule has 138 valence electrons. The first-order valence-corrected chi connectivity index (χ1v) is 8.88. The van der Waals surface area contributed by atoms with E-state index in [0.717, 1.165) is 12.8 Å². The van der Waals surface area contributed by atoms with Crippen molar-refractivity contribution in [1.82, 2.24) is 15.2 Å². The van der Waals surface area contributed by atoms with Gasteiger partial charge in [0.1, 0.15) is 5.69 Å². The highest BCUT2D eigenvalue weighted by Crippen LogP contribution is 2.23. The van der Waals surface area contributed by atoms with Crippen LogP contribution >= 0.6 is 0 Å². The monoisotopic (exact) mass is 356 g/mol. The Kier molecular flexibility index (Phi) is 5.68. The van der Waals surface area contributed by atoms with Crippen LogP contribution in [0.5, 0.6) is 0 Å². The van der Waals surface area contributed by atoms with Gasteiger partial charge in [0.15, 0.2) is 5.76 Å². The number of pyridine rings is 1. The summed E-state index contributed by atoms with van der Waals surface area (Å²) in [7, 11) is 0. The molecule has 1 aliphatic rings. The third-order valence-electron chi connectivity index (χ3n) is 4.61. The quantitative estimate of drug-likeness (QED) is 0.847. The fourth-order valence-corrected chi connectivity index (χ4v) is 3.23. The van der Waals surface area contributed by atoms with E-state index in [0.29, 0.717) is 48.9 Å². The molecule has 0 radical (unpaired) electrons. The standard InChI is InChI=1S/C19H24N4O3/c1-13-15(6-7-16(22-13)17-5-3-11-26-17)19(25)23-10-2-4-14(12-23)18(24)21-9-8-20/h3,5-7,11,14H,2,4,8-10,12,20H2,1H3,(H,21,24). The number of aryl methyl sites for hydroxylation is 1. The van der Waals surface area contributed by atoms with Crippen LogP contribution in [0.2, 0.25) is 0 Å². The lowest BCUT2D eigenvalue weighted by atomic mass is 9.96. The van der Waals surface area contributed by atoms with E-state index in [1.165, 1.54) is 0 Å². The van der Waals surface area contributed by atoms with E-state index in [1.807, 2.05) is 13.0 Å². The van der Waals surface area contributed by atoms with Crippen molar-refractivity contribution in [3.63, 3.8) is 0 Å². The number of carbonyl (C=O) groups excluding carboxylic acids is 2. The number of rotatable bonds is 5. The Morgan fingerprint density at radius 3 is 2.92 bits per heavy atom. The van der Waals surface area contributed by atoms with Gasteiger partial charge in [-0.15, -0.1) is 0 Å². The van der Waals surface area contributed by atoms with Crippen molar-refractivity contribution in [3.05, 3.63) is 41.8 Å². The van der Waals surface area contributed by atoms with Crippen LogP contribution in [-0.4, -0.2) is 47.9 Å². The molecule has 3 heterocycles. The molecule has 7 heteroatoms. The van der Waals surface area contributed by atoms with E-state index in [2.05, 4.69) is 10.3 Å². The number of piperidine rings is 1. The summed E-state index contributed by atoms with van der Waals surface area (Å²) in [5.41, 5.74) is 7.34. The number of carbonyl (C=O) groups is 2. The molecule has 1 aliphatic heterocycles. The molecule has 1 saturated heterocycles. The molecular weight excluding hydrogens is 332 g/mol. The molecule has 26 heavy (non-hydrogen) atoms. The van der Waals surface area contributed by atoms with Crippen LogP contribution < -0.4 is 11.1 Å². The molecule has 3 N–H and O–H groups in total. The van der Waals surface area contributed by atoms with Gasteiger partial charge in [0.25, 0.3) is 5.91 Å². The number of nitrogens with one attached hydrogen (secondary N) is 1. The minimum atomic E-state index is -0.185. The summed E-state index contributed by atoms with van der Waals surface area (Å²) < 4.78 is 5.35. The molecule has 2 aromatic rings. The maximum Gasteiger partial charge on any atom is 0.255 e. The van der Waals surface area contributed by atoms with E-state index < -0.39 is 0 Å². The number of furan rings is 1. The maximum absolute atomic E-state index is 12.9. The zero-order chi connectivity index (χ0) is 18.5. The molecular formula is C19H24N4O3. The summed E-state index contributed by atoms with van der Waals surface area (Å²) in [4.78, 5) is 31.3. The Hall–Kier alpha value is -2.67. The molecule has 2 aromatic heterocycles. The second-order valence-electron chi connectivity index (χ2n) is 6.48. The average molecular weight is 356 g/mol. The molecule has 0 bridgehead atoms. The Balaban J connectivity index is 1.71. The van der Waals surface area contributed by atoms with Crippen LogP contribution in [0, 0.1) is 12.8 Å². The lowest BCUT2D eigenvalue weighted by Crippen LogP contribution is -2.46. The van der Waals surface area contributed by atoms with E-state index in [4.69, 9.17) is 10.2 Å². The number of amides is 2. The predicted molar refractivity (Wildman–Crippen MR) is 97.4 cm³/mol. The molecule has 3 rings (SSSR count). The van der Waals surface area contributed by atoms with E-state index in [9.17, 15) is 9.59 Å². The molecule has 0 aliphatic carbocycles. The van der Waals surface area contributed by atoms with Gasteiger partial charge in [0.2, 0.25) is 5.91 Å². The summed E-state index contributed by atoms with van der Waals surface area (Å²) in [6.07, 6.45) is 3.19. The number of hydrogen-bond acceptors (Lipinski definition) is 5. The third-order valence-corrected chi connectivity index (χ3v) is 4.61. The average Bonchev–Trinajstić information content (AvgIpc) is 3.20. The van der Waals surface area contributed by atoms with Crippen LogP contribution in [0.4, 0.5) is 0 Å². The van der Waals surface area contributed by atoms with Crippen LogP contribution in [0.15, 0.2) is 34.9 Å². The summed E-state index contributed by atoms with van der Waals surface area (Å²) in [6, 6.07) is 7.20. The fourth-order valence-electron chi connectivity index (χ4n) is 3.23. The zero-order valence-corrected chi connectivity index (χ0v) is 14.9. The Labute approximate surface area is 152 Å². The van der Waals surface area contributed by atoms with Crippen molar-refractivity contribution in [2.75, 3.05) is 26.2 Å². The first-order chi connectivity index (χ1) is 12.6. The topological polar surface area (TPSA) is 101 Å². The van der Waals surface area contributed by atoms with Crippen LogP contribution in [0.25, 0.3) is 11.5 Å². The molecule has 1 fully saturated rings. The lowest BCUT2D eigenvalue weighted by molar-refractivity contribution is -0.126. The minimum absolute atomic E-state index is 0.0315. The van der Waals surface area contributed by atoms with Gasteiger partial charge < -0.3 is 20.4 Å². The van der Waals surface area contributed by atoms with Crippen molar-refractivity contribution in [3.8, 4) is 11.5 Å². The second kappa shape index (κ2) is 8.14. The number of likely N-dealkylation sites (tertiary alicyclic amines) is 1. The van der Waals surface area contributed by atoms with Crippen molar-refractivity contribution in [2.45, 2.75) is 19.8 Å². The van der Waals surface area contributed by atoms with Crippen molar-refractivity contribution >= 4 is 11.8 Å². The summed E-state index contributed by atoms with van der Waals surface area (Å²) in [5.74, 6) is 0.366. The largest absolute Gasteiger partial charge is 0.463 e. The predicted octanol–water partition coefficient (Wildman–Crippen LogP) is 1.58. The Bertz CT molecular complexity index is 773. The number of nitrogens with zero attached hydrogens (tertiary/aromatic N) is 2. The van der Waals surface area contributed by atoms with Gasteiger partial charge in [-0.3, -0.25) is 9.59 Å². The lowest BCUT2D eigenvalue weighted by Gasteiger charge is -2.32. The molecule has 0 spiro atoms. The Morgan fingerprint density at radius 1 is 1.38 bits per heavy atom. The van der Waals surface area contributed by atoms with E-state index in [1.54, 1.807) is 29.4 Å². The van der Waals surface area contributed by atoms with Crippen molar-refractivity contribution < 1.29 is 14.0 Å². The van der Waals surface area contributed by atoms with Crippen molar-refractivity contribution in [2.24, 2.45) is 11.7 Å². The van der Waals surface area contributed by atoms with Crippen LogP contribution in [0.3, 0.4) is 0 Å². The fraction of sp³-hybridized carbons (Fsp3) is 0.421. The highest BCUT2D eigenvalue weighted by molar-refractivity contribution is 5.96. The second-order valence-corrected chi connectivity index (χ2v) is 6.48. The van der Waals surface area contributed by atoms with Gasteiger partial charge in [-0.1, -0.05) is 0 Å². The number of nitrogens with two attached hydrogens (primary N) is 1. The first-order valence-electron chi connectivity index (χ1n) is 8.88. The van der Waals surface area contributed by atoms with Gasteiger partial charge in [-0.2, -0.15) is 0 Å². The molecule has 1 atom stereocenters. The molecule has 1 unspecified atom stereocenters.